The minimum atomic E-state index is 0.523. The van der Waals surface area contributed by atoms with E-state index in [2.05, 4.69) is 32.7 Å². The normalized spacial score (nSPS) is 25.8. The molecule has 0 aliphatic heterocycles. The molecular formula is C17H33NO. The molecule has 1 fully saturated rings. The molecule has 1 saturated carbocycles. The highest BCUT2D eigenvalue weighted by molar-refractivity contribution is 5.49. The van der Waals surface area contributed by atoms with E-state index < -0.39 is 0 Å². The average molecular weight is 267 g/mol. The summed E-state index contributed by atoms with van der Waals surface area (Å²) in [4.78, 5) is 13.2. The molecule has 1 unspecified atom stereocenters. The summed E-state index contributed by atoms with van der Waals surface area (Å²) in [5.41, 5.74) is 0. The number of carbonyl (C=O) groups excluding carboxylic acids is 1. The molecule has 0 radical (unpaired) electrons. The van der Waals surface area contributed by atoms with Gasteiger partial charge in [0, 0.05) is 19.5 Å². The molecule has 0 saturated heterocycles. The van der Waals surface area contributed by atoms with Gasteiger partial charge in [-0.15, -0.1) is 0 Å². The number of rotatable bonds is 8. The van der Waals surface area contributed by atoms with Crippen LogP contribution >= 0.6 is 0 Å². The van der Waals surface area contributed by atoms with Gasteiger partial charge in [0.2, 0.25) is 0 Å². The Morgan fingerprint density at radius 3 is 2.21 bits per heavy atom. The molecule has 0 bridgehead atoms. The largest absolute Gasteiger partial charge is 0.306 e. The second kappa shape index (κ2) is 8.73. The Morgan fingerprint density at radius 2 is 1.74 bits per heavy atom. The van der Waals surface area contributed by atoms with E-state index in [0.29, 0.717) is 18.3 Å². The Bertz CT molecular complexity index is 244. The molecule has 0 heterocycles. The summed E-state index contributed by atoms with van der Waals surface area (Å²) in [6, 6.07) is 0. The van der Waals surface area contributed by atoms with Crippen LogP contribution in [0, 0.1) is 23.7 Å². The predicted molar refractivity (Wildman–Crippen MR) is 82.2 cm³/mol. The number of hydrogen-bond acceptors (Lipinski definition) is 2. The van der Waals surface area contributed by atoms with Crippen molar-refractivity contribution in [1.29, 1.82) is 0 Å². The lowest BCUT2D eigenvalue weighted by atomic mass is 9.80. The van der Waals surface area contributed by atoms with E-state index in [9.17, 15) is 4.79 Å². The fourth-order valence-electron chi connectivity index (χ4n) is 3.42. The lowest BCUT2D eigenvalue weighted by Gasteiger charge is -2.32. The van der Waals surface area contributed by atoms with Crippen LogP contribution in [0.4, 0.5) is 0 Å². The molecule has 0 amide bonds. The highest BCUT2D eigenvalue weighted by atomic mass is 16.1. The van der Waals surface area contributed by atoms with Gasteiger partial charge < -0.3 is 9.69 Å². The third-order valence-corrected chi connectivity index (χ3v) is 5.00. The molecule has 0 aromatic carbocycles. The van der Waals surface area contributed by atoms with E-state index in [1.165, 1.54) is 38.6 Å². The third-order valence-electron chi connectivity index (χ3n) is 5.00. The van der Waals surface area contributed by atoms with Crippen LogP contribution in [0.3, 0.4) is 0 Å². The Labute approximate surface area is 119 Å². The second-order valence-corrected chi connectivity index (χ2v) is 6.92. The van der Waals surface area contributed by atoms with Crippen molar-refractivity contribution >= 4 is 6.29 Å². The van der Waals surface area contributed by atoms with Gasteiger partial charge in [-0.05, 0) is 43.6 Å². The van der Waals surface area contributed by atoms with Crippen molar-refractivity contribution < 1.29 is 4.79 Å². The van der Waals surface area contributed by atoms with Gasteiger partial charge in [-0.2, -0.15) is 0 Å². The molecule has 0 aromatic rings. The number of aldehydes is 1. The summed E-state index contributed by atoms with van der Waals surface area (Å²) in [6.07, 6.45) is 8.83. The summed E-state index contributed by atoms with van der Waals surface area (Å²) < 4.78 is 0. The topological polar surface area (TPSA) is 20.3 Å². The lowest BCUT2D eigenvalue weighted by Crippen LogP contribution is -2.34. The second-order valence-electron chi connectivity index (χ2n) is 6.92. The first kappa shape index (κ1) is 16.7. The van der Waals surface area contributed by atoms with Crippen molar-refractivity contribution in [2.75, 3.05) is 20.1 Å². The maximum Gasteiger partial charge on any atom is 0.120 e. The van der Waals surface area contributed by atoms with Gasteiger partial charge in [0.1, 0.15) is 6.29 Å². The van der Waals surface area contributed by atoms with Crippen LogP contribution in [0.2, 0.25) is 0 Å². The van der Waals surface area contributed by atoms with Crippen LogP contribution in [0.5, 0.6) is 0 Å². The van der Waals surface area contributed by atoms with Gasteiger partial charge >= 0.3 is 0 Å². The van der Waals surface area contributed by atoms with E-state index >= 15 is 0 Å². The van der Waals surface area contributed by atoms with Crippen LogP contribution in [0.1, 0.15) is 59.3 Å². The lowest BCUT2D eigenvalue weighted by molar-refractivity contribution is -0.109. The molecule has 1 aliphatic rings. The molecule has 1 aliphatic carbocycles. The fourth-order valence-corrected chi connectivity index (χ4v) is 3.42. The van der Waals surface area contributed by atoms with Crippen LogP contribution in [-0.2, 0) is 4.79 Å². The Hall–Kier alpha value is -0.370. The molecule has 1 atom stereocenters. The van der Waals surface area contributed by atoms with Gasteiger partial charge in [-0.1, -0.05) is 40.0 Å². The van der Waals surface area contributed by atoms with Crippen LogP contribution in [-0.4, -0.2) is 31.3 Å². The standard InChI is InChI=1S/C17H33NO/c1-5-15-6-8-16(9-7-15)12-18(4)13-17(10-11-19)14(2)3/h11,14-17H,5-10,12-13H2,1-4H3. The number of hydrogen-bond donors (Lipinski definition) is 0. The van der Waals surface area contributed by atoms with E-state index in [0.717, 1.165) is 24.7 Å². The molecule has 0 aromatic heterocycles. The highest BCUT2D eigenvalue weighted by Gasteiger charge is 2.22. The van der Waals surface area contributed by atoms with Crippen molar-refractivity contribution in [3.05, 3.63) is 0 Å². The SMILES string of the molecule is CCC1CCC(CN(C)CC(CC=O)C(C)C)CC1. The minimum absolute atomic E-state index is 0.523. The zero-order valence-electron chi connectivity index (χ0n) is 13.4. The molecule has 2 nitrogen and oxygen atoms in total. The Morgan fingerprint density at radius 1 is 1.16 bits per heavy atom. The van der Waals surface area contributed by atoms with Gasteiger partial charge in [0.25, 0.3) is 0 Å². The van der Waals surface area contributed by atoms with E-state index in [4.69, 9.17) is 0 Å². The fraction of sp³-hybridized carbons (Fsp3) is 0.941. The Kier molecular flexibility index (Phi) is 7.67. The summed E-state index contributed by atoms with van der Waals surface area (Å²) in [5.74, 6) is 3.00. The summed E-state index contributed by atoms with van der Waals surface area (Å²) in [6.45, 7) is 9.08. The van der Waals surface area contributed by atoms with Crippen molar-refractivity contribution in [3.63, 3.8) is 0 Å². The average Bonchev–Trinajstić information content (AvgIpc) is 2.39. The van der Waals surface area contributed by atoms with Crippen molar-refractivity contribution in [2.24, 2.45) is 23.7 Å². The van der Waals surface area contributed by atoms with Gasteiger partial charge in [0.15, 0.2) is 0 Å². The molecule has 0 spiro atoms. The number of nitrogens with zero attached hydrogens (tertiary/aromatic N) is 1. The number of carbonyl (C=O) groups is 1. The quantitative estimate of drug-likeness (QED) is 0.620. The van der Waals surface area contributed by atoms with E-state index in [1.54, 1.807) is 0 Å². The van der Waals surface area contributed by atoms with Crippen LogP contribution in [0.15, 0.2) is 0 Å². The first-order chi connectivity index (χ1) is 9.06. The molecule has 1 rings (SSSR count). The zero-order chi connectivity index (χ0) is 14.3. The maximum absolute atomic E-state index is 10.7. The summed E-state index contributed by atoms with van der Waals surface area (Å²) in [7, 11) is 2.23. The summed E-state index contributed by atoms with van der Waals surface area (Å²) >= 11 is 0. The minimum Gasteiger partial charge on any atom is -0.306 e. The van der Waals surface area contributed by atoms with Crippen LogP contribution in [0.25, 0.3) is 0 Å². The maximum atomic E-state index is 10.7. The van der Waals surface area contributed by atoms with Crippen molar-refractivity contribution in [1.82, 2.24) is 4.90 Å². The Balaban J connectivity index is 2.30. The molecule has 0 N–H and O–H groups in total. The van der Waals surface area contributed by atoms with Crippen molar-refractivity contribution in [3.8, 4) is 0 Å². The van der Waals surface area contributed by atoms with E-state index in [-0.39, 0.29) is 0 Å². The highest BCUT2D eigenvalue weighted by Crippen LogP contribution is 2.31. The van der Waals surface area contributed by atoms with Gasteiger partial charge in [-0.3, -0.25) is 0 Å². The molecule has 2 heteroatoms. The van der Waals surface area contributed by atoms with Crippen LogP contribution < -0.4 is 0 Å². The van der Waals surface area contributed by atoms with Gasteiger partial charge in [-0.25, -0.2) is 0 Å². The predicted octanol–water partition coefficient (Wildman–Crippen LogP) is 4.00. The third kappa shape index (κ3) is 6.07. The first-order valence-electron chi connectivity index (χ1n) is 8.18. The smallest absolute Gasteiger partial charge is 0.120 e. The van der Waals surface area contributed by atoms with Gasteiger partial charge in [0.05, 0.1) is 0 Å². The van der Waals surface area contributed by atoms with Crippen molar-refractivity contribution in [2.45, 2.75) is 59.3 Å². The molecule has 19 heavy (non-hydrogen) atoms. The molecular weight excluding hydrogens is 234 g/mol. The van der Waals surface area contributed by atoms with E-state index in [1.807, 2.05) is 0 Å². The molecule has 112 valence electrons. The first-order valence-corrected chi connectivity index (χ1v) is 8.18. The monoisotopic (exact) mass is 267 g/mol. The summed E-state index contributed by atoms with van der Waals surface area (Å²) in [5, 5.41) is 0. The zero-order valence-corrected chi connectivity index (χ0v) is 13.4.